The molecule has 5 heteroatoms. The van der Waals surface area contributed by atoms with E-state index in [9.17, 15) is 9.18 Å². The third-order valence-corrected chi connectivity index (χ3v) is 5.19. The third-order valence-electron chi connectivity index (χ3n) is 5.19. The van der Waals surface area contributed by atoms with Crippen LogP contribution in [0.5, 0.6) is 0 Å². The topological polar surface area (TPSA) is 38.8 Å². The van der Waals surface area contributed by atoms with Crippen molar-refractivity contribution in [3.05, 3.63) is 35.1 Å². The van der Waals surface area contributed by atoms with Gasteiger partial charge in [0.05, 0.1) is 11.7 Å². The van der Waals surface area contributed by atoms with Crippen molar-refractivity contribution in [2.75, 3.05) is 26.8 Å². The van der Waals surface area contributed by atoms with Gasteiger partial charge < -0.3 is 14.4 Å². The molecule has 1 aromatic carbocycles. The fourth-order valence-corrected chi connectivity index (χ4v) is 3.70. The summed E-state index contributed by atoms with van der Waals surface area (Å²) in [5, 5.41) is 0. The van der Waals surface area contributed by atoms with Crippen molar-refractivity contribution in [1.82, 2.24) is 4.90 Å². The van der Waals surface area contributed by atoms with Gasteiger partial charge in [-0.25, -0.2) is 4.39 Å². The van der Waals surface area contributed by atoms with Crippen molar-refractivity contribution in [3.63, 3.8) is 0 Å². The van der Waals surface area contributed by atoms with Crippen LogP contribution < -0.4 is 0 Å². The first-order valence-corrected chi connectivity index (χ1v) is 8.28. The number of piperidine rings is 1. The van der Waals surface area contributed by atoms with Gasteiger partial charge in [0.15, 0.2) is 0 Å². The molecule has 126 valence electrons. The van der Waals surface area contributed by atoms with E-state index in [0.29, 0.717) is 24.2 Å². The summed E-state index contributed by atoms with van der Waals surface area (Å²) in [5.74, 6) is -0.442. The van der Waals surface area contributed by atoms with Crippen LogP contribution >= 0.6 is 0 Å². The number of hydrogen-bond acceptors (Lipinski definition) is 3. The number of aryl methyl sites for hydroxylation is 1. The van der Waals surface area contributed by atoms with Gasteiger partial charge in [0.2, 0.25) is 0 Å². The summed E-state index contributed by atoms with van der Waals surface area (Å²) in [5.41, 5.74) is 0.706. The summed E-state index contributed by atoms with van der Waals surface area (Å²) in [6.45, 7) is 3.69. The molecule has 2 heterocycles. The van der Waals surface area contributed by atoms with Gasteiger partial charge in [0.1, 0.15) is 5.82 Å². The van der Waals surface area contributed by atoms with Crippen LogP contribution in [0.4, 0.5) is 4.39 Å². The quantitative estimate of drug-likeness (QED) is 0.841. The van der Waals surface area contributed by atoms with Gasteiger partial charge in [0.25, 0.3) is 5.91 Å². The van der Waals surface area contributed by atoms with Crippen molar-refractivity contribution < 1.29 is 18.7 Å². The van der Waals surface area contributed by atoms with Crippen molar-refractivity contribution in [1.29, 1.82) is 0 Å². The molecule has 23 heavy (non-hydrogen) atoms. The Morgan fingerprint density at radius 1 is 1.39 bits per heavy atom. The van der Waals surface area contributed by atoms with E-state index in [2.05, 4.69) is 0 Å². The zero-order chi connectivity index (χ0) is 16.4. The van der Waals surface area contributed by atoms with Crippen LogP contribution in [-0.2, 0) is 9.47 Å². The molecule has 1 atom stereocenters. The van der Waals surface area contributed by atoms with E-state index in [1.807, 2.05) is 0 Å². The molecule has 2 aliphatic heterocycles. The van der Waals surface area contributed by atoms with E-state index in [1.165, 1.54) is 6.07 Å². The molecule has 0 saturated carbocycles. The monoisotopic (exact) mass is 321 g/mol. The molecule has 1 amide bonds. The molecular weight excluding hydrogens is 297 g/mol. The van der Waals surface area contributed by atoms with Crippen LogP contribution in [0.15, 0.2) is 18.2 Å². The molecule has 3 rings (SSSR count). The second-order valence-electron chi connectivity index (χ2n) is 6.54. The molecule has 2 aliphatic rings. The Hall–Kier alpha value is -1.46. The van der Waals surface area contributed by atoms with Gasteiger partial charge >= 0.3 is 0 Å². The number of hydrogen-bond donors (Lipinski definition) is 0. The lowest BCUT2D eigenvalue weighted by molar-refractivity contribution is -0.183. The fourth-order valence-electron chi connectivity index (χ4n) is 3.70. The fraction of sp³-hybridized carbons (Fsp3) is 0.611. The van der Waals surface area contributed by atoms with E-state index < -0.39 is 0 Å². The minimum Gasteiger partial charge on any atom is -0.378 e. The highest BCUT2D eigenvalue weighted by atomic mass is 19.1. The molecule has 0 radical (unpaired) electrons. The summed E-state index contributed by atoms with van der Waals surface area (Å²) in [6, 6.07) is 4.68. The van der Waals surface area contributed by atoms with E-state index >= 15 is 0 Å². The van der Waals surface area contributed by atoms with E-state index in [-0.39, 0.29) is 23.4 Å². The normalized spacial score (nSPS) is 24.0. The lowest BCUT2D eigenvalue weighted by atomic mass is 9.81. The predicted molar refractivity (Wildman–Crippen MR) is 85.0 cm³/mol. The van der Waals surface area contributed by atoms with Gasteiger partial charge in [-0.15, -0.1) is 0 Å². The van der Waals surface area contributed by atoms with Crippen molar-refractivity contribution in [2.24, 2.45) is 0 Å². The Labute approximate surface area is 136 Å². The predicted octanol–water partition coefficient (Wildman–Crippen LogP) is 2.93. The number of benzene rings is 1. The lowest BCUT2D eigenvalue weighted by Crippen LogP contribution is -2.56. The Kier molecular flexibility index (Phi) is 4.69. The molecule has 0 bridgehead atoms. The highest BCUT2D eigenvalue weighted by Crippen LogP contribution is 2.37. The Morgan fingerprint density at radius 2 is 2.13 bits per heavy atom. The molecule has 4 nitrogen and oxygen atoms in total. The lowest BCUT2D eigenvalue weighted by Gasteiger charge is -2.48. The molecule has 1 spiro atoms. The molecule has 2 saturated heterocycles. The van der Waals surface area contributed by atoms with Gasteiger partial charge in [-0.3, -0.25) is 4.79 Å². The SMILES string of the molecule is CO[C@@H]1CCCOC12CCN(C(=O)c1ccc(C)c(F)c1)CC2. The van der Waals surface area contributed by atoms with Crippen LogP contribution in [0.1, 0.15) is 41.6 Å². The minimum absolute atomic E-state index is 0.102. The maximum absolute atomic E-state index is 13.7. The van der Waals surface area contributed by atoms with Crippen molar-refractivity contribution >= 4 is 5.91 Å². The molecule has 0 aliphatic carbocycles. The second-order valence-corrected chi connectivity index (χ2v) is 6.54. The maximum Gasteiger partial charge on any atom is 0.253 e. The first-order valence-electron chi connectivity index (χ1n) is 8.28. The van der Waals surface area contributed by atoms with Crippen LogP contribution in [0.2, 0.25) is 0 Å². The molecule has 0 N–H and O–H groups in total. The zero-order valence-electron chi connectivity index (χ0n) is 13.8. The van der Waals surface area contributed by atoms with Crippen LogP contribution in [0.3, 0.4) is 0 Å². The smallest absolute Gasteiger partial charge is 0.253 e. The molecule has 0 aromatic heterocycles. The number of nitrogens with zero attached hydrogens (tertiary/aromatic N) is 1. The average molecular weight is 321 g/mol. The van der Waals surface area contributed by atoms with E-state index in [1.54, 1.807) is 31.1 Å². The summed E-state index contributed by atoms with van der Waals surface area (Å²) < 4.78 is 25.4. The van der Waals surface area contributed by atoms with Crippen molar-refractivity contribution in [2.45, 2.75) is 44.3 Å². The highest BCUT2D eigenvalue weighted by molar-refractivity contribution is 5.94. The summed E-state index contributed by atoms with van der Waals surface area (Å²) >= 11 is 0. The number of likely N-dealkylation sites (tertiary alicyclic amines) is 1. The molecular formula is C18H24FNO3. The number of halogens is 1. The highest BCUT2D eigenvalue weighted by Gasteiger charge is 2.45. The second kappa shape index (κ2) is 6.57. The van der Waals surface area contributed by atoms with Gasteiger partial charge in [-0.05, 0) is 50.3 Å². The number of amides is 1. The van der Waals surface area contributed by atoms with Gasteiger partial charge in [0, 0.05) is 32.4 Å². The van der Waals surface area contributed by atoms with Gasteiger partial charge in [-0.2, -0.15) is 0 Å². The standard InChI is InChI=1S/C18H24FNO3/c1-13-5-6-14(12-15(13)19)17(21)20-9-7-18(8-10-20)16(22-2)4-3-11-23-18/h5-6,12,16H,3-4,7-11H2,1-2H3/t16-/m1/s1. The van der Waals surface area contributed by atoms with E-state index in [4.69, 9.17) is 9.47 Å². The Morgan fingerprint density at radius 3 is 2.78 bits per heavy atom. The molecule has 1 aromatic rings. The average Bonchev–Trinajstić information content (AvgIpc) is 2.58. The number of methoxy groups -OCH3 is 1. The van der Waals surface area contributed by atoms with Crippen LogP contribution in [-0.4, -0.2) is 49.3 Å². The first kappa shape index (κ1) is 16.4. The number of ether oxygens (including phenoxy) is 2. The Bertz CT molecular complexity index is 582. The summed E-state index contributed by atoms with van der Waals surface area (Å²) in [4.78, 5) is 14.4. The number of rotatable bonds is 2. The first-order chi connectivity index (χ1) is 11.1. The number of carbonyl (C=O) groups is 1. The summed E-state index contributed by atoms with van der Waals surface area (Å²) in [6.07, 6.45) is 3.67. The van der Waals surface area contributed by atoms with E-state index in [0.717, 1.165) is 32.3 Å². The molecule has 0 unspecified atom stereocenters. The van der Waals surface area contributed by atoms with Gasteiger partial charge in [-0.1, -0.05) is 6.07 Å². The minimum atomic E-state index is -0.334. The number of carbonyl (C=O) groups excluding carboxylic acids is 1. The Balaban J connectivity index is 1.68. The molecule has 2 fully saturated rings. The zero-order valence-corrected chi connectivity index (χ0v) is 13.8. The van der Waals surface area contributed by atoms with Crippen molar-refractivity contribution in [3.8, 4) is 0 Å². The third kappa shape index (κ3) is 3.12. The van der Waals surface area contributed by atoms with Crippen LogP contribution in [0.25, 0.3) is 0 Å². The largest absolute Gasteiger partial charge is 0.378 e. The summed E-state index contributed by atoms with van der Waals surface area (Å²) in [7, 11) is 1.73. The maximum atomic E-state index is 13.7. The van der Waals surface area contributed by atoms with Crippen LogP contribution in [0, 0.1) is 12.7 Å².